The van der Waals surface area contributed by atoms with Crippen LogP contribution in [0.2, 0.25) is 5.02 Å². The van der Waals surface area contributed by atoms with Crippen molar-refractivity contribution >= 4 is 17.5 Å². The van der Waals surface area contributed by atoms with Gasteiger partial charge in [-0.05, 0) is 37.0 Å². The molecule has 1 aliphatic rings. The van der Waals surface area contributed by atoms with Crippen LogP contribution in [0.15, 0.2) is 18.2 Å². The summed E-state index contributed by atoms with van der Waals surface area (Å²) in [6.45, 7) is 1.83. The molecule has 1 aromatic carbocycles. The molecule has 1 amide bonds. The molecule has 0 saturated carbocycles. The van der Waals surface area contributed by atoms with Crippen LogP contribution in [0.5, 0.6) is 0 Å². The number of benzene rings is 1. The fraction of sp³-hybridized carbons (Fsp3) is 0.462. The molecular formula is C13H17ClN2O. The van der Waals surface area contributed by atoms with Gasteiger partial charge in [-0.3, -0.25) is 4.79 Å². The van der Waals surface area contributed by atoms with Gasteiger partial charge in [0.2, 0.25) is 5.91 Å². The summed E-state index contributed by atoms with van der Waals surface area (Å²) in [5, 5.41) is 3.81. The van der Waals surface area contributed by atoms with Crippen molar-refractivity contribution in [2.24, 2.45) is 5.73 Å². The molecule has 1 aliphatic carbocycles. The highest BCUT2D eigenvalue weighted by Gasteiger charge is 2.25. The van der Waals surface area contributed by atoms with Crippen molar-refractivity contribution in [1.82, 2.24) is 5.32 Å². The van der Waals surface area contributed by atoms with Crippen LogP contribution in [0.1, 0.15) is 36.9 Å². The summed E-state index contributed by atoms with van der Waals surface area (Å²) in [4.78, 5) is 11.7. The summed E-state index contributed by atoms with van der Waals surface area (Å²) in [7, 11) is 0. The fourth-order valence-electron chi connectivity index (χ4n) is 2.31. The van der Waals surface area contributed by atoms with E-state index < -0.39 is 0 Å². The highest BCUT2D eigenvalue weighted by Crippen LogP contribution is 2.35. The third-order valence-corrected chi connectivity index (χ3v) is 3.41. The number of hydrogen-bond acceptors (Lipinski definition) is 2. The van der Waals surface area contributed by atoms with E-state index in [9.17, 15) is 4.79 Å². The van der Waals surface area contributed by atoms with Gasteiger partial charge in [-0.2, -0.15) is 0 Å². The minimum Gasteiger partial charge on any atom is -0.349 e. The number of amides is 1. The molecule has 2 rings (SSSR count). The summed E-state index contributed by atoms with van der Waals surface area (Å²) < 4.78 is 0. The summed E-state index contributed by atoms with van der Waals surface area (Å²) in [5.74, 6) is 0.0119. The molecule has 0 aliphatic heterocycles. The van der Waals surface area contributed by atoms with Crippen LogP contribution in [0.3, 0.4) is 0 Å². The summed E-state index contributed by atoms with van der Waals surface area (Å²) >= 11 is 6.12. The topological polar surface area (TPSA) is 55.1 Å². The zero-order valence-electron chi connectivity index (χ0n) is 9.87. The van der Waals surface area contributed by atoms with E-state index in [0.717, 1.165) is 23.4 Å². The van der Waals surface area contributed by atoms with E-state index in [1.807, 2.05) is 25.1 Å². The Morgan fingerprint density at radius 1 is 1.65 bits per heavy atom. The number of hydrogen-bond donors (Lipinski definition) is 2. The molecule has 4 heteroatoms. The van der Waals surface area contributed by atoms with Crippen molar-refractivity contribution in [2.45, 2.75) is 38.3 Å². The molecule has 1 aromatic rings. The van der Waals surface area contributed by atoms with Crippen LogP contribution in [0.4, 0.5) is 0 Å². The van der Waals surface area contributed by atoms with Gasteiger partial charge < -0.3 is 11.1 Å². The average molecular weight is 253 g/mol. The number of carbonyl (C=O) groups is 1. The smallest absolute Gasteiger partial charge is 0.222 e. The minimum absolute atomic E-state index is 0.0119. The molecule has 0 saturated heterocycles. The van der Waals surface area contributed by atoms with E-state index in [-0.39, 0.29) is 18.0 Å². The van der Waals surface area contributed by atoms with Crippen molar-refractivity contribution in [3.05, 3.63) is 34.3 Å². The van der Waals surface area contributed by atoms with Gasteiger partial charge in [-0.1, -0.05) is 23.7 Å². The van der Waals surface area contributed by atoms with Crippen LogP contribution < -0.4 is 11.1 Å². The monoisotopic (exact) mass is 252 g/mol. The number of nitrogens with one attached hydrogen (secondary N) is 1. The van der Waals surface area contributed by atoms with Crippen LogP contribution in [-0.2, 0) is 11.2 Å². The number of carbonyl (C=O) groups excluding carboxylic acids is 1. The van der Waals surface area contributed by atoms with Gasteiger partial charge in [-0.25, -0.2) is 0 Å². The Morgan fingerprint density at radius 3 is 3.12 bits per heavy atom. The second-order valence-electron chi connectivity index (χ2n) is 4.65. The van der Waals surface area contributed by atoms with Crippen LogP contribution >= 0.6 is 11.6 Å². The largest absolute Gasteiger partial charge is 0.349 e. The third-order valence-electron chi connectivity index (χ3n) is 3.06. The van der Waals surface area contributed by atoms with E-state index in [1.165, 1.54) is 5.56 Å². The average Bonchev–Trinajstić information content (AvgIpc) is 2.62. The molecule has 0 bridgehead atoms. The van der Waals surface area contributed by atoms with Gasteiger partial charge in [0.05, 0.1) is 6.04 Å². The van der Waals surface area contributed by atoms with Crippen LogP contribution in [0, 0.1) is 0 Å². The molecule has 2 atom stereocenters. The van der Waals surface area contributed by atoms with E-state index in [2.05, 4.69) is 5.32 Å². The summed E-state index contributed by atoms with van der Waals surface area (Å²) in [6.07, 6.45) is 2.22. The lowest BCUT2D eigenvalue weighted by Gasteiger charge is -2.15. The van der Waals surface area contributed by atoms with Crippen LogP contribution in [-0.4, -0.2) is 11.9 Å². The lowest BCUT2D eigenvalue weighted by molar-refractivity contribution is -0.122. The molecule has 17 heavy (non-hydrogen) atoms. The lowest BCUT2D eigenvalue weighted by Crippen LogP contribution is -2.32. The number of nitrogens with two attached hydrogens (primary N) is 1. The van der Waals surface area contributed by atoms with Crippen molar-refractivity contribution in [3.8, 4) is 0 Å². The number of fused-ring (bicyclic) bond motifs is 1. The highest BCUT2D eigenvalue weighted by molar-refractivity contribution is 6.31. The zero-order valence-corrected chi connectivity index (χ0v) is 10.6. The molecule has 0 aromatic heterocycles. The van der Waals surface area contributed by atoms with Gasteiger partial charge in [0.25, 0.3) is 0 Å². The van der Waals surface area contributed by atoms with Crippen molar-refractivity contribution in [1.29, 1.82) is 0 Å². The highest BCUT2D eigenvalue weighted by atomic mass is 35.5. The Morgan fingerprint density at radius 2 is 2.41 bits per heavy atom. The van der Waals surface area contributed by atoms with Gasteiger partial charge in [0.15, 0.2) is 0 Å². The maximum atomic E-state index is 11.7. The lowest BCUT2D eigenvalue weighted by atomic mass is 10.1. The van der Waals surface area contributed by atoms with Crippen molar-refractivity contribution < 1.29 is 4.79 Å². The molecular weight excluding hydrogens is 236 g/mol. The minimum atomic E-state index is -0.102. The normalized spacial score (nSPS) is 19.8. The summed E-state index contributed by atoms with van der Waals surface area (Å²) in [5.41, 5.74) is 7.92. The Labute approximate surface area is 106 Å². The van der Waals surface area contributed by atoms with Crippen molar-refractivity contribution in [2.75, 3.05) is 0 Å². The molecule has 0 heterocycles. The van der Waals surface area contributed by atoms with Crippen molar-refractivity contribution in [3.63, 3.8) is 0 Å². The maximum Gasteiger partial charge on any atom is 0.222 e. The van der Waals surface area contributed by atoms with E-state index >= 15 is 0 Å². The first-order valence-electron chi connectivity index (χ1n) is 5.90. The second-order valence-corrected chi connectivity index (χ2v) is 5.05. The van der Waals surface area contributed by atoms with Gasteiger partial charge in [-0.15, -0.1) is 0 Å². The Kier molecular flexibility index (Phi) is 3.69. The zero-order chi connectivity index (χ0) is 12.4. The fourth-order valence-corrected chi connectivity index (χ4v) is 2.58. The first-order valence-corrected chi connectivity index (χ1v) is 6.28. The van der Waals surface area contributed by atoms with Crippen LogP contribution in [0.25, 0.3) is 0 Å². The molecule has 2 unspecified atom stereocenters. The van der Waals surface area contributed by atoms with E-state index in [4.69, 9.17) is 17.3 Å². The Hall–Kier alpha value is -1.06. The molecule has 3 N–H and O–H groups in total. The van der Waals surface area contributed by atoms with E-state index in [0.29, 0.717) is 6.42 Å². The molecule has 0 spiro atoms. The quantitative estimate of drug-likeness (QED) is 0.866. The van der Waals surface area contributed by atoms with Gasteiger partial charge in [0, 0.05) is 17.5 Å². The first kappa shape index (κ1) is 12.4. The number of halogens is 1. The standard InChI is InChI=1S/C13H17ClN2O/c1-8(15)7-13(17)16-12-6-5-9-10(12)3-2-4-11(9)14/h2-4,8,12H,5-7,15H2,1H3,(H,16,17). The maximum absolute atomic E-state index is 11.7. The predicted molar refractivity (Wildman–Crippen MR) is 68.9 cm³/mol. The molecule has 3 nitrogen and oxygen atoms in total. The Bertz CT molecular complexity index is 431. The second kappa shape index (κ2) is 5.07. The first-order chi connectivity index (χ1) is 8.08. The number of rotatable bonds is 3. The predicted octanol–water partition coefficient (Wildman–Crippen LogP) is 2.18. The molecule has 92 valence electrons. The van der Waals surface area contributed by atoms with Gasteiger partial charge >= 0.3 is 0 Å². The van der Waals surface area contributed by atoms with Gasteiger partial charge in [0.1, 0.15) is 0 Å². The summed E-state index contributed by atoms with van der Waals surface area (Å²) in [6, 6.07) is 5.85. The molecule has 0 fully saturated rings. The molecule has 0 radical (unpaired) electrons. The third kappa shape index (κ3) is 2.79. The Balaban J connectivity index is 2.07. The SMILES string of the molecule is CC(N)CC(=O)NC1CCc2c(Cl)cccc21. The van der Waals surface area contributed by atoms with E-state index in [1.54, 1.807) is 0 Å².